The number of nitrogens with zero attached hydrogens (tertiary/aromatic N) is 1. The first-order chi connectivity index (χ1) is 8.40. The van der Waals surface area contributed by atoms with Gasteiger partial charge in [0.15, 0.2) is 0 Å². The fourth-order valence-corrected chi connectivity index (χ4v) is 2.82. The van der Waals surface area contributed by atoms with Crippen molar-refractivity contribution in [1.29, 1.82) is 0 Å². The highest BCUT2D eigenvalue weighted by molar-refractivity contribution is 5.87. The molecule has 1 aliphatic carbocycles. The zero-order valence-electron chi connectivity index (χ0n) is 9.26. The number of benzene rings is 1. The minimum Gasteiger partial charge on any atom is -0.460 e. The monoisotopic (exact) mass is 221 g/mol. The molecule has 0 radical (unpaired) electrons. The summed E-state index contributed by atoms with van der Waals surface area (Å²) in [6, 6.07) is 6.13. The van der Waals surface area contributed by atoms with Gasteiger partial charge in [0.05, 0.1) is 5.41 Å². The Balaban J connectivity index is 2.12. The molecule has 1 unspecified atom stereocenters. The van der Waals surface area contributed by atoms with Crippen LogP contribution in [0.5, 0.6) is 5.75 Å². The lowest BCUT2D eigenvalue weighted by atomic mass is 9.75. The molecular formula is C15H11NO. The number of allylic oxidation sites excluding steroid dienone is 3. The van der Waals surface area contributed by atoms with Crippen LogP contribution >= 0.6 is 0 Å². The number of ether oxygens (including phenoxy) is 1. The van der Waals surface area contributed by atoms with Crippen molar-refractivity contribution in [2.45, 2.75) is 11.8 Å². The zero-order valence-corrected chi connectivity index (χ0v) is 9.26. The van der Waals surface area contributed by atoms with E-state index in [2.05, 4.69) is 35.4 Å². The highest BCUT2D eigenvalue weighted by Gasteiger charge is 2.44. The second-order valence-electron chi connectivity index (χ2n) is 4.49. The molecule has 1 aromatic carbocycles. The minimum atomic E-state index is -0.222. The molecule has 2 heteroatoms. The third-order valence-corrected chi connectivity index (χ3v) is 3.56. The summed E-state index contributed by atoms with van der Waals surface area (Å²) < 4.78 is 5.98. The van der Waals surface area contributed by atoms with Gasteiger partial charge < -0.3 is 4.74 Å². The number of aliphatic imine (C=N–C) groups is 1. The number of hydrogen-bond donors (Lipinski definition) is 0. The summed E-state index contributed by atoms with van der Waals surface area (Å²) in [6.07, 6.45) is 13.4. The van der Waals surface area contributed by atoms with Crippen LogP contribution < -0.4 is 4.74 Å². The lowest BCUT2D eigenvalue weighted by molar-refractivity contribution is 0.414. The summed E-state index contributed by atoms with van der Waals surface area (Å²) >= 11 is 0. The summed E-state index contributed by atoms with van der Waals surface area (Å²) in [6.45, 7) is 0. The summed E-state index contributed by atoms with van der Waals surface area (Å²) in [4.78, 5) is 4.30. The molecule has 0 aromatic heterocycles. The molecule has 82 valence electrons. The average Bonchev–Trinajstić information content (AvgIpc) is 2.58. The van der Waals surface area contributed by atoms with Crippen molar-refractivity contribution >= 4 is 6.21 Å². The Bertz CT molecular complexity index is 622. The van der Waals surface area contributed by atoms with Crippen LogP contribution in [0.2, 0.25) is 0 Å². The average molecular weight is 221 g/mol. The highest BCUT2D eigenvalue weighted by atomic mass is 16.5. The minimum absolute atomic E-state index is 0.222. The van der Waals surface area contributed by atoms with Crippen LogP contribution in [0, 0.1) is 0 Å². The van der Waals surface area contributed by atoms with Gasteiger partial charge in [-0.3, -0.25) is 4.99 Å². The lowest BCUT2D eigenvalue weighted by Gasteiger charge is -2.24. The molecule has 4 rings (SSSR count). The predicted octanol–water partition coefficient (Wildman–Crippen LogP) is 3.11. The van der Waals surface area contributed by atoms with Gasteiger partial charge in [-0.2, -0.15) is 0 Å². The van der Waals surface area contributed by atoms with Gasteiger partial charge in [0.2, 0.25) is 0 Å². The van der Waals surface area contributed by atoms with Crippen LogP contribution in [0.15, 0.2) is 59.5 Å². The Morgan fingerprint density at radius 2 is 2.24 bits per heavy atom. The van der Waals surface area contributed by atoms with E-state index in [0.29, 0.717) is 0 Å². The molecule has 1 aromatic rings. The van der Waals surface area contributed by atoms with E-state index in [-0.39, 0.29) is 5.41 Å². The van der Waals surface area contributed by atoms with E-state index in [4.69, 9.17) is 4.74 Å². The van der Waals surface area contributed by atoms with Crippen LogP contribution in [-0.4, -0.2) is 6.21 Å². The van der Waals surface area contributed by atoms with Crippen LogP contribution in [0.3, 0.4) is 0 Å². The molecule has 2 aliphatic heterocycles. The molecule has 0 bridgehead atoms. The van der Waals surface area contributed by atoms with E-state index in [0.717, 1.165) is 23.5 Å². The van der Waals surface area contributed by atoms with Gasteiger partial charge in [0.1, 0.15) is 11.5 Å². The molecule has 0 fully saturated rings. The third-order valence-electron chi connectivity index (χ3n) is 3.56. The summed E-state index contributed by atoms with van der Waals surface area (Å²) in [5.74, 6) is 1.97. The van der Waals surface area contributed by atoms with Crippen molar-refractivity contribution in [2.75, 3.05) is 0 Å². The Hall–Kier alpha value is -2.09. The van der Waals surface area contributed by atoms with Crippen molar-refractivity contribution in [2.24, 2.45) is 4.99 Å². The Labute approximate surface area is 99.6 Å². The molecule has 1 spiro atoms. The van der Waals surface area contributed by atoms with Gasteiger partial charge in [0.25, 0.3) is 0 Å². The summed E-state index contributed by atoms with van der Waals surface area (Å²) in [7, 11) is 0. The maximum Gasteiger partial charge on any atom is 0.132 e. The van der Waals surface area contributed by atoms with Gasteiger partial charge in [-0.15, -0.1) is 0 Å². The molecule has 1 atom stereocenters. The Morgan fingerprint density at radius 3 is 3.24 bits per heavy atom. The van der Waals surface area contributed by atoms with E-state index in [9.17, 15) is 0 Å². The lowest BCUT2D eigenvalue weighted by Crippen LogP contribution is -2.23. The second kappa shape index (κ2) is 2.98. The first-order valence-corrected chi connectivity index (χ1v) is 5.81. The Kier molecular flexibility index (Phi) is 1.57. The smallest absolute Gasteiger partial charge is 0.132 e. The molecule has 2 nitrogen and oxygen atoms in total. The van der Waals surface area contributed by atoms with Gasteiger partial charge >= 0.3 is 0 Å². The molecule has 2 heterocycles. The largest absolute Gasteiger partial charge is 0.460 e. The van der Waals surface area contributed by atoms with Crippen LogP contribution in [0.1, 0.15) is 17.5 Å². The maximum absolute atomic E-state index is 5.98. The molecule has 0 amide bonds. The first-order valence-electron chi connectivity index (χ1n) is 5.81. The third kappa shape index (κ3) is 1.02. The Morgan fingerprint density at radius 1 is 1.24 bits per heavy atom. The molecule has 0 saturated heterocycles. The van der Waals surface area contributed by atoms with E-state index in [1.165, 1.54) is 5.56 Å². The van der Waals surface area contributed by atoms with Gasteiger partial charge in [0, 0.05) is 23.5 Å². The quantitative estimate of drug-likeness (QED) is 0.617. The van der Waals surface area contributed by atoms with Crippen LogP contribution in [0.25, 0.3) is 0 Å². The van der Waals surface area contributed by atoms with Gasteiger partial charge in [-0.1, -0.05) is 24.3 Å². The molecule has 17 heavy (non-hydrogen) atoms. The molecule has 0 N–H and O–H groups in total. The predicted molar refractivity (Wildman–Crippen MR) is 67.3 cm³/mol. The summed E-state index contributed by atoms with van der Waals surface area (Å²) in [5, 5.41) is 0. The fraction of sp³-hybridized carbons (Fsp3) is 0.133. The summed E-state index contributed by atoms with van der Waals surface area (Å²) in [5.41, 5.74) is 2.14. The molecule has 0 saturated carbocycles. The van der Waals surface area contributed by atoms with E-state index in [1.54, 1.807) is 0 Å². The van der Waals surface area contributed by atoms with Gasteiger partial charge in [-0.25, -0.2) is 0 Å². The van der Waals surface area contributed by atoms with Crippen LogP contribution in [-0.2, 0) is 5.41 Å². The first kappa shape index (κ1) is 8.99. The van der Waals surface area contributed by atoms with Crippen molar-refractivity contribution < 1.29 is 4.74 Å². The van der Waals surface area contributed by atoms with Crippen molar-refractivity contribution in [3.63, 3.8) is 0 Å². The maximum atomic E-state index is 5.98. The zero-order chi connectivity index (χ0) is 11.3. The normalized spacial score (nSPS) is 26.9. The molecule has 3 aliphatic rings. The number of rotatable bonds is 0. The highest BCUT2D eigenvalue weighted by Crippen LogP contribution is 2.50. The van der Waals surface area contributed by atoms with Gasteiger partial charge in [-0.05, 0) is 24.6 Å². The van der Waals surface area contributed by atoms with E-state index >= 15 is 0 Å². The molecular weight excluding hydrogens is 210 g/mol. The van der Waals surface area contributed by atoms with Crippen LogP contribution in [0.4, 0.5) is 0 Å². The SMILES string of the molecule is C1=CC23C=CN=Cc4cccc(c42)OC3=CC1. The standard InChI is InChI=1S/C15H11NO/c1-2-7-15-8-9-16-10-11-4-3-5-12(14(11)15)17-13(15)6-1/h2-10H,1H2. The van der Waals surface area contributed by atoms with Crippen molar-refractivity contribution in [3.05, 3.63) is 65.6 Å². The van der Waals surface area contributed by atoms with Crippen molar-refractivity contribution in [3.8, 4) is 5.75 Å². The second-order valence-corrected chi connectivity index (χ2v) is 4.49. The van der Waals surface area contributed by atoms with Crippen molar-refractivity contribution in [1.82, 2.24) is 0 Å². The van der Waals surface area contributed by atoms with E-state index in [1.807, 2.05) is 24.5 Å². The fourth-order valence-electron chi connectivity index (χ4n) is 2.82. The number of hydrogen-bond acceptors (Lipinski definition) is 2. The topological polar surface area (TPSA) is 21.6 Å². The van der Waals surface area contributed by atoms with E-state index < -0.39 is 0 Å².